The average molecular weight is 439 g/mol. The minimum absolute atomic E-state index is 0.00989. The highest BCUT2D eigenvalue weighted by atomic mass is 16.5. The van der Waals surface area contributed by atoms with E-state index in [1.54, 1.807) is 24.4 Å². The van der Waals surface area contributed by atoms with Gasteiger partial charge >= 0.3 is 0 Å². The monoisotopic (exact) mass is 438 g/mol. The van der Waals surface area contributed by atoms with Gasteiger partial charge in [0.1, 0.15) is 5.69 Å². The van der Waals surface area contributed by atoms with Gasteiger partial charge in [-0.2, -0.15) is 0 Å². The lowest BCUT2D eigenvalue weighted by Gasteiger charge is -2.39. The molecule has 170 valence electrons. The number of nitrogens with one attached hydrogen (secondary N) is 1. The maximum Gasteiger partial charge on any atom is 0.271 e. The molecule has 32 heavy (non-hydrogen) atoms. The largest absolute Gasteiger partial charge is 0.490 e. The number of fused-ring (bicyclic) bond motifs is 2. The lowest BCUT2D eigenvalue weighted by molar-refractivity contribution is 0.0548. The number of amides is 2. The molecule has 0 radical (unpaired) electrons. The quantitative estimate of drug-likeness (QED) is 0.714. The molecule has 4 rings (SSSR count). The molecule has 2 aliphatic rings. The van der Waals surface area contributed by atoms with E-state index < -0.39 is 0 Å². The first kappa shape index (κ1) is 22.0. The van der Waals surface area contributed by atoms with Crippen molar-refractivity contribution in [3.8, 4) is 11.5 Å². The van der Waals surface area contributed by atoms with Crippen molar-refractivity contribution in [1.29, 1.82) is 0 Å². The number of benzene rings is 1. The molecular weight excluding hydrogens is 408 g/mol. The summed E-state index contributed by atoms with van der Waals surface area (Å²) < 4.78 is 11.3. The summed E-state index contributed by atoms with van der Waals surface area (Å²) in [5.74, 6) is 1.04. The summed E-state index contributed by atoms with van der Waals surface area (Å²) in [6.45, 7) is 6.69. The van der Waals surface area contributed by atoms with Crippen LogP contribution in [-0.2, 0) is 0 Å². The predicted molar refractivity (Wildman–Crippen MR) is 119 cm³/mol. The van der Waals surface area contributed by atoms with Crippen molar-refractivity contribution in [2.45, 2.75) is 64.6 Å². The van der Waals surface area contributed by atoms with Gasteiger partial charge < -0.3 is 19.7 Å². The van der Waals surface area contributed by atoms with E-state index in [0.717, 1.165) is 31.4 Å². The van der Waals surface area contributed by atoms with Crippen LogP contribution in [0.3, 0.4) is 0 Å². The summed E-state index contributed by atoms with van der Waals surface area (Å²) in [6.07, 6.45) is 6.46. The molecule has 1 aromatic carbocycles. The highest BCUT2D eigenvalue weighted by Gasteiger charge is 2.44. The van der Waals surface area contributed by atoms with Crippen LogP contribution in [0.4, 0.5) is 0 Å². The second kappa shape index (κ2) is 9.54. The van der Waals surface area contributed by atoms with E-state index in [2.05, 4.69) is 15.3 Å². The molecule has 2 bridgehead atoms. The van der Waals surface area contributed by atoms with Gasteiger partial charge in [-0.25, -0.2) is 4.98 Å². The van der Waals surface area contributed by atoms with Crippen molar-refractivity contribution in [2.75, 3.05) is 13.2 Å². The molecule has 8 heteroatoms. The van der Waals surface area contributed by atoms with Gasteiger partial charge in [0.25, 0.3) is 11.8 Å². The topological polar surface area (TPSA) is 93.7 Å². The van der Waals surface area contributed by atoms with Gasteiger partial charge in [-0.3, -0.25) is 14.6 Å². The smallest absolute Gasteiger partial charge is 0.271 e. The molecule has 1 N–H and O–H groups in total. The van der Waals surface area contributed by atoms with E-state index in [-0.39, 0.29) is 29.9 Å². The van der Waals surface area contributed by atoms with Crippen LogP contribution in [0.2, 0.25) is 0 Å². The Balaban J connectivity index is 1.44. The summed E-state index contributed by atoms with van der Waals surface area (Å²) in [7, 11) is 0. The van der Waals surface area contributed by atoms with Gasteiger partial charge in [-0.05, 0) is 64.7 Å². The normalized spacial score (nSPS) is 21.8. The molecule has 0 spiro atoms. The van der Waals surface area contributed by atoms with Crippen LogP contribution in [0.15, 0.2) is 30.6 Å². The van der Waals surface area contributed by atoms with Crippen molar-refractivity contribution in [3.63, 3.8) is 0 Å². The third kappa shape index (κ3) is 4.54. The lowest BCUT2D eigenvalue weighted by Crippen LogP contribution is -2.52. The Kier molecular flexibility index (Phi) is 6.58. The predicted octanol–water partition coefficient (Wildman–Crippen LogP) is 3.15. The van der Waals surface area contributed by atoms with Crippen LogP contribution in [-0.4, -0.2) is 58.0 Å². The number of aryl methyl sites for hydroxylation is 1. The summed E-state index contributed by atoms with van der Waals surface area (Å²) in [4.78, 5) is 36.3. The third-order valence-electron chi connectivity index (χ3n) is 6.11. The van der Waals surface area contributed by atoms with E-state index in [9.17, 15) is 9.59 Å². The first-order valence-corrected chi connectivity index (χ1v) is 11.3. The second-order valence-corrected chi connectivity index (χ2v) is 8.31. The zero-order valence-corrected chi connectivity index (χ0v) is 18.8. The number of aromatic nitrogens is 2. The first-order valence-electron chi connectivity index (χ1n) is 11.3. The molecule has 2 saturated heterocycles. The number of ether oxygens (including phenoxy) is 2. The molecule has 1 unspecified atom stereocenters. The molecule has 2 amide bonds. The minimum Gasteiger partial charge on any atom is -0.490 e. The fraction of sp³-hybridized carbons (Fsp3) is 0.500. The van der Waals surface area contributed by atoms with Gasteiger partial charge in [0.05, 0.1) is 25.1 Å². The number of carbonyl (C=O) groups excluding carboxylic acids is 2. The Bertz CT molecular complexity index is 964. The molecule has 0 aliphatic carbocycles. The van der Waals surface area contributed by atoms with Crippen molar-refractivity contribution in [2.24, 2.45) is 0 Å². The second-order valence-electron chi connectivity index (χ2n) is 8.31. The van der Waals surface area contributed by atoms with Crippen molar-refractivity contribution in [1.82, 2.24) is 20.2 Å². The van der Waals surface area contributed by atoms with Gasteiger partial charge in [0.15, 0.2) is 11.5 Å². The molecule has 3 heterocycles. The van der Waals surface area contributed by atoms with Crippen molar-refractivity contribution < 1.29 is 19.1 Å². The fourth-order valence-electron chi connectivity index (χ4n) is 4.73. The Morgan fingerprint density at radius 2 is 1.72 bits per heavy atom. The van der Waals surface area contributed by atoms with E-state index in [1.807, 2.05) is 25.7 Å². The average Bonchev–Trinajstić information content (AvgIpc) is 3.05. The summed E-state index contributed by atoms with van der Waals surface area (Å²) >= 11 is 0. The molecule has 3 atom stereocenters. The molecule has 0 saturated carbocycles. The summed E-state index contributed by atoms with van der Waals surface area (Å²) in [5, 5.41) is 3.09. The minimum atomic E-state index is -0.213. The number of carbonyl (C=O) groups is 2. The molecule has 8 nitrogen and oxygen atoms in total. The van der Waals surface area contributed by atoms with Crippen LogP contribution < -0.4 is 14.8 Å². The Morgan fingerprint density at radius 1 is 1.03 bits per heavy atom. The SMILES string of the molecule is CCOc1ccc(C(=O)N2[C@@H]3CC[C@H]2CC(NC(=O)c2cnc(C)cn2)C3)cc1OCC. The van der Waals surface area contributed by atoms with E-state index in [0.29, 0.717) is 36.0 Å². The summed E-state index contributed by atoms with van der Waals surface area (Å²) in [6, 6.07) is 5.63. The number of hydrogen-bond acceptors (Lipinski definition) is 6. The number of hydrogen-bond donors (Lipinski definition) is 1. The standard InChI is InChI=1S/C24H30N4O4/c1-4-31-21-9-6-16(10-22(21)32-5-2)24(30)28-18-7-8-19(28)12-17(11-18)27-23(29)20-14-25-15(3)13-26-20/h6,9-10,13-14,17-19H,4-5,7-8,11-12H2,1-3H3,(H,27,29)/t17?,18-,19+. The van der Waals surface area contributed by atoms with Crippen LogP contribution in [0.1, 0.15) is 66.1 Å². The highest BCUT2D eigenvalue weighted by molar-refractivity contribution is 5.96. The highest BCUT2D eigenvalue weighted by Crippen LogP contribution is 2.38. The van der Waals surface area contributed by atoms with Gasteiger partial charge in [0, 0.05) is 29.9 Å². The van der Waals surface area contributed by atoms with E-state index in [1.165, 1.54) is 6.20 Å². The molecule has 2 aromatic rings. The van der Waals surface area contributed by atoms with E-state index in [4.69, 9.17) is 9.47 Å². The summed E-state index contributed by atoms with van der Waals surface area (Å²) in [5.41, 5.74) is 1.69. The van der Waals surface area contributed by atoms with E-state index >= 15 is 0 Å². The zero-order valence-electron chi connectivity index (χ0n) is 18.8. The molecule has 1 aromatic heterocycles. The maximum atomic E-state index is 13.4. The van der Waals surface area contributed by atoms with Crippen LogP contribution in [0, 0.1) is 6.92 Å². The molecule has 2 aliphatic heterocycles. The molecular formula is C24H30N4O4. The first-order chi connectivity index (χ1) is 15.5. The number of nitrogens with zero attached hydrogens (tertiary/aromatic N) is 3. The zero-order chi connectivity index (χ0) is 22.7. The van der Waals surface area contributed by atoms with Gasteiger partial charge in [-0.1, -0.05) is 0 Å². The molecule has 2 fully saturated rings. The number of piperidine rings is 1. The van der Waals surface area contributed by atoms with Crippen LogP contribution in [0.25, 0.3) is 0 Å². The Morgan fingerprint density at radius 3 is 2.34 bits per heavy atom. The van der Waals surface area contributed by atoms with Gasteiger partial charge in [0.2, 0.25) is 0 Å². The van der Waals surface area contributed by atoms with Gasteiger partial charge in [-0.15, -0.1) is 0 Å². The number of rotatable bonds is 7. The van der Waals surface area contributed by atoms with Crippen molar-refractivity contribution >= 4 is 11.8 Å². The Hall–Kier alpha value is -3.16. The van der Waals surface area contributed by atoms with Crippen LogP contribution in [0.5, 0.6) is 11.5 Å². The Labute approximate surface area is 188 Å². The fourth-order valence-corrected chi connectivity index (χ4v) is 4.73. The maximum absolute atomic E-state index is 13.4. The van der Waals surface area contributed by atoms with Crippen LogP contribution >= 0.6 is 0 Å². The van der Waals surface area contributed by atoms with Crippen molar-refractivity contribution in [3.05, 3.63) is 47.5 Å². The third-order valence-corrected chi connectivity index (χ3v) is 6.11. The lowest BCUT2D eigenvalue weighted by atomic mass is 9.96.